The maximum atomic E-state index is 12.5. The van der Waals surface area contributed by atoms with Crippen LogP contribution in [0.5, 0.6) is 0 Å². The Morgan fingerprint density at radius 3 is 2.42 bits per heavy atom. The number of carboxylic acid groups (broad SMARTS) is 1. The summed E-state index contributed by atoms with van der Waals surface area (Å²) in [5.41, 5.74) is 1.72. The summed E-state index contributed by atoms with van der Waals surface area (Å²) in [7, 11) is -3.86. The molecule has 2 heterocycles. The Kier molecular flexibility index (Phi) is 6.71. The van der Waals surface area contributed by atoms with Crippen molar-refractivity contribution in [3.63, 3.8) is 0 Å². The summed E-state index contributed by atoms with van der Waals surface area (Å²) >= 11 is 0. The van der Waals surface area contributed by atoms with Gasteiger partial charge in [0.05, 0.1) is 11.3 Å². The number of nitrogens with zero attached hydrogens (tertiary/aromatic N) is 1. The summed E-state index contributed by atoms with van der Waals surface area (Å²) in [6.07, 6.45) is 1.58. The molecule has 1 saturated heterocycles. The van der Waals surface area contributed by atoms with E-state index in [1.165, 1.54) is 0 Å². The van der Waals surface area contributed by atoms with Gasteiger partial charge in [-0.1, -0.05) is 20.8 Å². The molecule has 2 aliphatic heterocycles. The molecule has 1 amide bonds. The number of amides is 1. The molecule has 1 atom stereocenters. The molecule has 0 aromatic rings. The van der Waals surface area contributed by atoms with Crippen molar-refractivity contribution in [1.29, 1.82) is 0 Å². The third-order valence-corrected chi connectivity index (χ3v) is 5.41. The zero-order valence-electron chi connectivity index (χ0n) is 15.3. The second-order valence-corrected chi connectivity index (χ2v) is 9.00. The number of β-lactam (4-membered cyclic amide) rings is 1. The monoisotopic (exact) mass is 392 g/mol. The fourth-order valence-electron chi connectivity index (χ4n) is 2.50. The number of fused-ring (bicyclic) bond motifs is 1. The summed E-state index contributed by atoms with van der Waals surface area (Å²) in [6, 6.07) is 0. The van der Waals surface area contributed by atoms with Crippen molar-refractivity contribution in [2.75, 3.05) is 12.4 Å². The van der Waals surface area contributed by atoms with E-state index >= 15 is 0 Å². The molecule has 26 heavy (non-hydrogen) atoms. The molecule has 1 radical (unpaired) electrons. The Bertz CT molecular complexity index is 858. The second-order valence-electron chi connectivity index (χ2n) is 6.94. The van der Waals surface area contributed by atoms with Gasteiger partial charge in [-0.15, -0.1) is 5.73 Å². The minimum absolute atomic E-state index is 0. The number of ether oxygens (including phenoxy) is 1. The molecule has 0 unspecified atom stereocenters. The van der Waals surface area contributed by atoms with Gasteiger partial charge in [-0.2, -0.15) is 0 Å². The van der Waals surface area contributed by atoms with Gasteiger partial charge in [-0.05, 0) is 11.5 Å². The summed E-state index contributed by atoms with van der Waals surface area (Å²) in [5, 5.41) is 8.04. The fraction of sp³-hybridized carbons (Fsp3) is 0.500. The number of aliphatic carboxylic acids is 1. The number of carbonyl (C=O) groups excluding carboxylic acids is 2. The molecule has 1 N–H and O–H groups in total. The zero-order valence-corrected chi connectivity index (χ0v) is 18.1. The van der Waals surface area contributed by atoms with Gasteiger partial charge in [0.1, 0.15) is 12.3 Å². The number of carboxylic acids is 1. The average molecular weight is 392 g/mol. The average Bonchev–Trinajstić information content (AvgIpc) is 2.43. The van der Waals surface area contributed by atoms with Crippen LogP contribution in [0.25, 0.3) is 0 Å². The Morgan fingerprint density at radius 2 is 1.96 bits per heavy atom. The first-order valence-electron chi connectivity index (χ1n) is 7.47. The Morgan fingerprint density at radius 1 is 1.38 bits per heavy atom. The van der Waals surface area contributed by atoms with Crippen LogP contribution in [0.4, 0.5) is 0 Å². The smallest absolute Gasteiger partial charge is 0.352 e. The van der Waals surface area contributed by atoms with Crippen LogP contribution in [0.1, 0.15) is 27.7 Å². The molecule has 10 heteroatoms. The minimum atomic E-state index is -3.86. The van der Waals surface area contributed by atoms with E-state index in [4.69, 9.17) is 4.74 Å². The Hall–Kier alpha value is -1.38. The fourth-order valence-corrected chi connectivity index (χ4v) is 4.42. The minimum Gasteiger partial charge on any atom is -0.477 e. The van der Waals surface area contributed by atoms with Crippen molar-refractivity contribution < 1.29 is 32.6 Å². The van der Waals surface area contributed by atoms with Gasteiger partial charge in [-0.3, -0.25) is 14.5 Å². The third-order valence-electron chi connectivity index (χ3n) is 3.53. The van der Waals surface area contributed by atoms with E-state index in [0.717, 1.165) is 11.8 Å². The summed E-state index contributed by atoms with van der Waals surface area (Å²) in [4.78, 5) is 35.6. The molecular formula is C16H19NNaO7S. The van der Waals surface area contributed by atoms with Crippen LogP contribution >= 0.6 is 0 Å². The predicted octanol–water partition coefficient (Wildman–Crippen LogP) is 0.232. The number of rotatable bonds is 3. The van der Waals surface area contributed by atoms with Crippen molar-refractivity contribution >= 4 is 57.2 Å². The number of esters is 1. The molecule has 0 spiro atoms. The molecule has 137 valence electrons. The quantitative estimate of drug-likeness (QED) is 0.240. The first-order valence-corrected chi connectivity index (χ1v) is 9.18. The van der Waals surface area contributed by atoms with E-state index in [-0.39, 0.29) is 46.1 Å². The first kappa shape index (κ1) is 22.7. The van der Waals surface area contributed by atoms with E-state index in [0.29, 0.717) is 0 Å². The van der Waals surface area contributed by atoms with E-state index < -0.39 is 51.1 Å². The topological polar surface area (TPSA) is 118 Å². The van der Waals surface area contributed by atoms with E-state index in [9.17, 15) is 27.9 Å². The molecule has 0 aromatic carbocycles. The van der Waals surface area contributed by atoms with Gasteiger partial charge in [-0.25, -0.2) is 13.2 Å². The summed E-state index contributed by atoms with van der Waals surface area (Å²) in [6.45, 7) is 6.20. The molecule has 1 fully saturated rings. The van der Waals surface area contributed by atoms with Crippen LogP contribution in [0.3, 0.4) is 0 Å². The van der Waals surface area contributed by atoms with Gasteiger partial charge in [0.25, 0.3) is 5.91 Å². The van der Waals surface area contributed by atoms with Gasteiger partial charge >= 0.3 is 11.9 Å². The van der Waals surface area contributed by atoms with Gasteiger partial charge in [0.2, 0.25) is 0 Å². The Labute approximate surface area is 173 Å². The summed E-state index contributed by atoms with van der Waals surface area (Å²) in [5.74, 6) is -3.46. The number of carbonyl (C=O) groups is 3. The van der Waals surface area contributed by atoms with Crippen LogP contribution in [0.2, 0.25) is 0 Å². The van der Waals surface area contributed by atoms with Crippen molar-refractivity contribution in [1.82, 2.24) is 4.90 Å². The van der Waals surface area contributed by atoms with Crippen LogP contribution in [-0.2, 0) is 29.0 Å². The first-order chi connectivity index (χ1) is 11.3. The second kappa shape index (κ2) is 7.70. The normalized spacial score (nSPS) is 21.1. The van der Waals surface area contributed by atoms with E-state index in [1.807, 2.05) is 20.8 Å². The zero-order chi connectivity index (χ0) is 19.2. The molecule has 8 nitrogen and oxygen atoms in total. The van der Waals surface area contributed by atoms with Gasteiger partial charge in [0, 0.05) is 42.1 Å². The number of sulfone groups is 1. The maximum Gasteiger partial charge on any atom is 0.352 e. The SMILES string of the molecule is CC(=O)OCC1=C(C(=O)O)N2C(=O)C(=C=CC(C)(C)C)[C@H]2S(=O)(=O)C1.[Na]. The van der Waals surface area contributed by atoms with Crippen LogP contribution in [0.15, 0.2) is 28.7 Å². The van der Waals surface area contributed by atoms with Gasteiger partial charge < -0.3 is 9.84 Å². The molecule has 0 aliphatic carbocycles. The molecule has 0 bridgehead atoms. The third kappa shape index (κ3) is 4.47. The number of hydrogen-bond donors (Lipinski definition) is 1. The predicted molar refractivity (Wildman–Crippen MR) is 92.5 cm³/mol. The van der Waals surface area contributed by atoms with Crippen LogP contribution in [0, 0.1) is 5.41 Å². The van der Waals surface area contributed by atoms with Crippen molar-refractivity contribution in [2.45, 2.75) is 33.1 Å². The number of hydrogen-bond acceptors (Lipinski definition) is 6. The molecule has 2 rings (SSSR count). The Balaban J connectivity index is 0.00000338. The standard InChI is InChI=1S/C16H19NO7S.Na/c1-9(18)24-7-10-8-25(22,23)14-11(5-6-16(2,3)4)13(19)17(14)12(10)15(20)21;/h6,14H,7-8H2,1-4H3,(H,20,21);/t5?,14-;/m1./s1. The van der Waals surface area contributed by atoms with E-state index in [2.05, 4.69) is 5.73 Å². The molecule has 0 aromatic heterocycles. The maximum absolute atomic E-state index is 12.5. The summed E-state index contributed by atoms with van der Waals surface area (Å²) < 4.78 is 29.7. The largest absolute Gasteiger partial charge is 0.477 e. The van der Waals surface area contributed by atoms with Crippen molar-refractivity contribution in [3.05, 3.63) is 28.7 Å². The molecule has 0 saturated carbocycles. The molecular weight excluding hydrogens is 373 g/mol. The van der Waals surface area contributed by atoms with Gasteiger partial charge in [0.15, 0.2) is 15.2 Å². The van der Waals surface area contributed by atoms with E-state index in [1.54, 1.807) is 6.08 Å². The van der Waals surface area contributed by atoms with Crippen LogP contribution < -0.4 is 0 Å². The van der Waals surface area contributed by atoms with Crippen molar-refractivity contribution in [2.24, 2.45) is 5.41 Å². The molecule has 2 aliphatic rings. The van der Waals surface area contributed by atoms with Crippen molar-refractivity contribution in [3.8, 4) is 0 Å². The van der Waals surface area contributed by atoms with Crippen LogP contribution in [-0.4, -0.2) is 83.6 Å².